The van der Waals surface area contributed by atoms with Gasteiger partial charge in [0.15, 0.2) is 5.82 Å². The van der Waals surface area contributed by atoms with Gasteiger partial charge in [0.1, 0.15) is 23.3 Å². The lowest BCUT2D eigenvalue weighted by Gasteiger charge is -2.23. The minimum Gasteiger partial charge on any atom is -0.396 e. The number of nitrogens with two attached hydrogens (primary N) is 2. The molecular weight excluding hydrogens is 468 g/mol. The molecular formula is C27H26N8O2. The monoisotopic (exact) mass is 494 g/mol. The maximum Gasteiger partial charge on any atom is 0.267 e. The summed E-state index contributed by atoms with van der Waals surface area (Å²) in [5.74, 6) is 6.55. The van der Waals surface area contributed by atoms with Crippen LogP contribution in [0.1, 0.15) is 49.2 Å². The third-order valence-corrected chi connectivity index (χ3v) is 5.72. The van der Waals surface area contributed by atoms with Crippen molar-refractivity contribution in [1.29, 1.82) is 5.26 Å². The fourth-order valence-electron chi connectivity index (χ4n) is 3.96. The molecule has 0 aliphatic rings. The van der Waals surface area contributed by atoms with E-state index in [0.717, 1.165) is 0 Å². The Morgan fingerprint density at radius 2 is 1.89 bits per heavy atom. The van der Waals surface area contributed by atoms with Crippen LogP contribution in [0.25, 0.3) is 16.6 Å². The molecule has 4 rings (SSSR count). The Kier molecular flexibility index (Phi) is 7.62. The molecule has 0 saturated carbocycles. The van der Waals surface area contributed by atoms with E-state index in [1.54, 1.807) is 22.8 Å². The van der Waals surface area contributed by atoms with E-state index in [4.69, 9.17) is 21.6 Å². The Bertz CT molecular complexity index is 1600. The van der Waals surface area contributed by atoms with E-state index in [-0.39, 0.29) is 35.3 Å². The van der Waals surface area contributed by atoms with Crippen LogP contribution < -0.4 is 22.3 Å². The molecule has 0 unspecified atom stereocenters. The molecule has 0 radical (unpaired) electrons. The van der Waals surface area contributed by atoms with E-state index in [9.17, 15) is 10.1 Å². The zero-order chi connectivity index (χ0) is 26.4. The molecule has 4 aromatic rings. The number of nitriles is 1. The van der Waals surface area contributed by atoms with Gasteiger partial charge < -0.3 is 21.9 Å². The topological polar surface area (TPSA) is 169 Å². The highest BCUT2D eigenvalue weighted by molar-refractivity contribution is 5.84. The van der Waals surface area contributed by atoms with E-state index in [0.29, 0.717) is 47.2 Å². The van der Waals surface area contributed by atoms with Crippen LogP contribution in [0.5, 0.6) is 0 Å². The molecule has 0 amide bonds. The van der Waals surface area contributed by atoms with Gasteiger partial charge in [-0.25, -0.2) is 4.98 Å². The summed E-state index contributed by atoms with van der Waals surface area (Å²) in [6.45, 7) is 1.98. The number of nitrogens with zero attached hydrogens (tertiary/aromatic N) is 5. The Labute approximate surface area is 213 Å². The normalized spacial score (nSPS) is 11.4. The molecule has 2 heterocycles. The molecule has 6 N–H and O–H groups in total. The highest BCUT2D eigenvalue weighted by atomic mass is 16.2. The first-order valence-electron chi connectivity index (χ1n) is 11.8. The van der Waals surface area contributed by atoms with Crippen LogP contribution in [0.2, 0.25) is 0 Å². The molecule has 10 nitrogen and oxygen atoms in total. The number of unbranched alkanes of at least 4 members (excludes halogenated alkanes) is 1. The molecule has 0 saturated heterocycles. The average Bonchev–Trinajstić information content (AvgIpc) is 2.90. The Balaban J connectivity index is 1.95. The fraction of sp³-hybridized carbons (Fsp3) is 0.222. The van der Waals surface area contributed by atoms with Crippen molar-refractivity contribution in [3.05, 3.63) is 75.8 Å². The molecule has 10 heteroatoms. The summed E-state index contributed by atoms with van der Waals surface area (Å²) in [6.07, 6.45) is 1.57. The van der Waals surface area contributed by atoms with Gasteiger partial charge in [0.25, 0.3) is 5.56 Å². The molecule has 37 heavy (non-hydrogen) atoms. The van der Waals surface area contributed by atoms with Crippen LogP contribution in [-0.2, 0) is 0 Å². The summed E-state index contributed by atoms with van der Waals surface area (Å²) in [6, 6.07) is 16.0. The van der Waals surface area contributed by atoms with Gasteiger partial charge in [0, 0.05) is 18.6 Å². The predicted molar refractivity (Wildman–Crippen MR) is 143 cm³/mol. The summed E-state index contributed by atoms with van der Waals surface area (Å²) < 4.78 is 1.54. The molecule has 0 aliphatic heterocycles. The smallest absolute Gasteiger partial charge is 0.267 e. The first-order valence-corrected chi connectivity index (χ1v) is 11.8. The zero-order valence-corrected chi connectivity index (χ0v) is 20.3. The van der Waals surface area contributed by atoms with Crippen molar-refractivity contribution in [3.8, 4) is 23.6 Å². The molecule has 0 spiro atoms. The lowest BCUT2D eigenvalue weighted by molar-refractivity contribution is 0.290. The van der Waals surface area contributed by atoms with E-state index in [1.165, 1.54) is 0 Å². The van der Waals surface area contributed by atoms with Gasteiger partial charge in [-0.2, -0.15) is 15.2 Å². The molecule has 0 aliphatic carbocycles. The highest BCUT2D eigenvalue weighted by Crippen LogP contribution is 2.27. The molecule has 0 fully saturated rings. The third kappa shape index (κ3) is 5.20. The van der Waals surface area contributed by atoms with Gasteiger partial charge in [-0.05, 0) is 37.1 Å². The zero-order valence-electron chi connectivity index (χ0n) is 20.3. The summed E-state index contributed by atoms with van der Waals surface area (Å²) in [5.41, 5.74) is 13.1. The number of aliphatic hydroxyl groups is 1. The number of benzene rings is 2. The number of para-hydroxylation sites is 1. The average molecular weight is 495 g/mol. The summed E-state index contributed by atoms with van der Waals surface area (Å²) in [4.78, 5) is 27.0. The largest absolute Gasteiger partial charge is 0.396 e. The Morgan fingerprint density at radius 1 is 1.11 bits per heavy atom. The van der Waals surface area contributed by atoms with Crippen molar-refractivity contribution in [2.45, 2.75) is 32.2 Å². The van der Waals surface area contributed by atoms with Crippen LogP contribution in [0.3, 0.4) is 0 Å². The molecule has 1 atom stereocenters. The Morgan fingerprint density at radius 3 is 2.59 bits per heavy atom. The van der Waals surface area contributed by atoms with Gasteiger partial charge in [0.05, 0.1) is 22.6 Å². The second kappa shape index (κ2) is 11.2. The molecule has 186 valence electrons. The van der Waals surface area contributed by atoms with Crippen LogP contribution in [0.4, 0.5) is 17.6 Å². The molecule has 2 aromatic heterocycles. The minimum atomic E-state index is -0.530. The molecule has 2 aromatic carbocycles. The van der Waals surface area contributed by atoms with Crippen molar-refractivity contribution in [2.24, 2.45) is 0 Å². The third-order valence-electron chi connectivity index (χ3n) is 5.72. The summed E-state index contributed by atoms with van der Waals surface area (Å²) in [7, 11) is 0. The van der Waals surface area contributed by atoms with Crippen LogP contribution in [-0.4, -0.2) is 31.2 Å². The van der Waals surface area contributed by atoms with Crippen molar-refractivity contribution in [3.63, 3.8) is 0 Å². The van der Waals surface area contributed by atoms with Crippen molar-refractivity contribution in [2.75, 3.05) is 23.4 Å². The lowest BCUT2D eigenvalue weighted by atomic mass is 10.1. The summed E-state index contributed by atoms with van der Waals surface area (Å²) in [5, 5.41) is 22.3. The lowest BCUT2D eigenvalue weighted by Crippen LogP contribution is -2.29. The number of anilines is 3. The van der Waals surface area contributed by atoms with Crippen molar-refractivity contribution in [1.82, 2.24) is 19.5 Å². The second-order valence-corrected chi connectivity index (χ2v) is 8.18. The van der Waals surface area contributed by atoms with Gasteiger partial charge in [-0.1, -0.05) is 43.0 Å². The SMILES string of the molecule is CC[C@H](Nc1nc(N)nc(N)c1C#N)c1nc2cccc(C#CCCCO)c2c(=O)n1-c1ccccc1. The van der Waals surface area contributed by atoms with Gasteiger partial charge >= 0.3 is 0 Å². The second-order valence-electron chi connectivity index (χ2n) is 8.18. The van der Waals surface area contributed by atoms with E-state index in [1.807, 2.05) is 43.3 Å². The first-order chi connectivity index (χ1) is 18.0. The maximum absolute atomic E-state index is 14.0. The van der Waals surface area contributed by atoms with E-state index >= 15 is 0 Å². The van der Waals surface area contributed by atoms with Gasteiger partial charge in [-0.15, -0.1) is 0 Å². The summed E-state index contributed by atoms with van der Waals surface area (Å²) >= 11 is 0. The van der Waals surface area contributed by atoms with Crippen LogP contribution in [0.15, 0.2) is 53.3 Å². The van der Waals surface area contributed by atoms with Gasteiger partial charge in [-0.3, -0.25) is 9.36 Å². The van der Waals surface area contributed by atoms with Crippen molar-refractivity contribution < 1.29 is 5.11 Å². The van der Waals surface area contributed by atoms with Gasteiger partial charge in [0.2, 0.25) is 5.95 Å². The number of aliphatic hydroxyl groups excluding tert-OH is 1. The number of nitrogens with one attached hydrogen (secondary N) is 1. The number of hydrogen-bond acceptors (Lipinski definition) is 9. The number of nitrogen functional groups attached to an aromatic ring is 2. The van der Waals surface area contributed by atoms with E-state index < -0.39 is 6.04 Å². The van der Waals surface area contributed by atoms with Crippen molar-refractivity contribution >= 4 is 28.5 Å². The minimum absolute atomic E-state index is 0.0383. The molecule has 0 bridgehead atoms. The standard InChI is InChI=1S/C27H26N8O2/c1-2-20(31-24-19(16-28)23(29)33-27(30)34-24)25-32-21-14-9-11-17(10-5-4-8-15-36)22(21)26(37)35(25)18-12-6-3-7-13-18/h3,6-7,9,11-14,20,36H,2,4,8,15H2,1H3,(H5,29,30,31,33,34)/t20-/m0/s1. The first kappa shape index (κ1) is 25.2. The van der Waals surface area contributed by atoms with Crippen LogP contribution >= 0.6 is 0 Å². The quantitative estimate of drug-likeness (QED) is 0.223. The number of hydrogen-bond donors (Lipinski definition) is 4. The number of aromatic nitrogens is 4. The maximum atomic E-state index is 14.0. The predicted octanol–water partition coefficient (Wildman–Crippen LogP) is 2.90. The highest BCUT2D eigenvalue weighted by Gasteiger charge is 2.23. The number of rotatable bonds is 7. The fourth-order valence-corrected chi connectivity index (χ4v) is 3.96. The Hall–Kier alpha value is -4.93. The number of fused-ring (bicyclic) bond motifs is 1. The van der Waals surface area contributed by atoms with Crippen LogP contribution in [0, 0.1) is 23.2 Å². The van der Waals surface area contributed by atoms with E-state index in [2.05, 4.69) is 27.1 Å².